The van der Waals surface area contributed by atoms with Crippen molar-refractivity contribution in [3.63, 3.8) is 0 Å². The Bertz CT molecular complexity index is 3090. The minimum atomic E-state index is 0.590. The van der Waals surface area contributed by atoms with E-state index in [-0.39, 0.29) is 0 Å². The molecule has 0 saturated carbocycles. The molecule has 5 heteroatoms. The first kappa shape index (κ1) is 28.9. The fraction of sp³-hybridized carbons (Fsp3) is 0.0426. The predicted molar refractivity (Wildman–Crippen MR) is 211 cm³/mol. The van der Waals surface area contributed by atoms with Gasteiger partial charge < -0.3 is 8.83 Å². The van der Waals surface area contributed by atoms with E-state index in [1.807, 2.05) is 36.4 Å². The zero-order valence-corrected chi connectivity index (χ0v) is 28.0. The third-order valence-corrected chi connectivity index (χ3v) is 10.4. The van der Waals surface area contributed by atoms with Crippen LogP contribution in [0.2, 0.25) is 0 Å². The normalized spacial score (nSPS) is 12.8. The maximum Gasteiger partial charge on any atom is 0.164 e. The van der Waals surface area contributed by atoms with Crippen molar-refractivity contribution in [2.75, 3.05) is 0 Å². The zero-order chi connectivity index (χ0) is 34.2. The Morgan fingerprint density at radius 2 is 1.12 bits per heavy atom. The highest BCUT2D eigenvalue weighted by Crippen LogP contribution is 2.40. The number of nitrogens with zero attached hydrogens (tertiary/aromatic N) is 3. The van der Waals surface area contributed by atoms with Crippen LogP contribution >= 0.6 is 0 Å². The molecule has 0 spiro atoms. The molecule has 5 nitrogen and oxygen atoms in total. The Kier molecular flexibility index (Phi) is 6.31. The molecular formula is C47H29N3O2. The van der Waals surface area contributed by atoms with Crippen molar-refractivity contribution in [2.24, 2.45) is 0 Å². The van der Waals surface area contributed by atoms with Crippen LogP contribution in [0.4, 0.5) is 0 Å². The van der Waals surface area contributed by atoms with Crippen molar-refractivity contribution < 1.29 is 8.83 Å². The third kappa shape index (κ3) is 4.53. The average molecular weight is 668 g/mol. The summed E-state index contributed by atoms with van der Waals surface area (Å²) in [6.07, 6.45) is 6.35. The van der Waals surface area contributed by atoms with Gasteiger partial charge in [-0.1, -0.05) is 115 Å². The maximum atomic E-state index is 6.48. The summed E-state index contributed by atoms with van der Waals surface area (Å²) in [5.41, 5.74) is 10.8. The summed E-state index contributed by atoms with van der Waals surface area (Å²) in [4.78, 5) is 15.6. The van der Waals surface area contributed by atoms with Crippen LogP contribution in [0.1, 0.15) is 17.5 Å². The van der Waals surface area contributed by atoms with Gasteiger partial charge in [-0.25, -0.2) is 15.0 Å². The lowest BCUT2D eigenvalue weighted by molar-refractivity contribution is 0.668. The van der Waals surface area contributed by atoms with E-state index in [0.29, 0.717) is 17.5 Å². The first-order valence-corrected chi connectivity index (χ1v) is 17.7. The van der Waals surface area contributed by atoms with E-state index in [4.69, 9.17) is 23.8 Å². The molecule has 52 heavy (non-hydrogen) atoms. The molecule has 3 aromatic heterocycles. The van der Waals surface area contributed by atoms with Crippen LogP contribution in [-0.4, -0.2) is 15.0 Å². The molecule has 0 saturated heterocycles. The highest BCUT2D eigenvalue weighted by Gasteiger charge is 2.21. The number of furan rings is 2. The summed E-state index contributed by atoms with van der Waals surface area (Å²) in [6.45, 7) is 0. The number of allylic oxidation sites excluding steroid dienone is 1. The average Bonchev–Trinajstić information content (AvgIpc) is 3.78. The van der Waals surface area contributed by atoms with Crippen LogP contribution in [0.25, 0.3) is 106 Å². The lowest BCUT2D eigenvalue weighted by atomic mass is 9.92. The van der Waals surface area contributed by atoms with Crippen LogP contribution in [-0.2, 0) is 6.42 Å². The Hall–Kier alpha value is -6.85. The zero-order valence-electron chi connectivity index (χ0n) is 28.0. The molecule has 1 aliphatic rings. The summed E-state index contributed by atoms with van der Waals surface area (Å²) < 4.78 is 12.8. The van der Waals surface area contributed by atoms with Gasteiger partial charge in [-0.2, -0.15) is 0 Å². The van der Waals surface area contributed by atoms with E-state index in [1.54, 1.807) is 0 Å². The van der Waals surface area contributed by atoms with E-state index >= 15 is 0 Å². The smallest absolute Gasteiger partial charge is 0.164 e. The largest absolute Gasteiger partial charge is 0.456 e. The van der Waals surface area contributed by atoms with Crippen molar-refractivity contribution in [1.82, 2.24) is 15.0 Å². The number of benzene rings is 7. The number of aromatic nitrogens is 3. The van der Waals surface area contributed by atoms with Crippen molar-refractivity contribution in [2.45, 2.75) is 12.8 Å². The lowest BCUT2D eigenvalue weighted by Gasteiger charge is -2.16. The van der Waals surface area contributed by atoms with Gasteiger partial charge in [0.1, 0.15) is 22.3 Å². The van der Waals surface area contributed by atoms with E-state index < -0.39 is 0 Å². The summed E-state index contributed by atoms with van der Waals surface area (Å²) in [5, 5.41) is 6.58. The number of hydrogen-bond acceptors (Lipinski definition) is 5. The maximum absolute atomic E-state index is 6.48. The summed E-state index contributed by atoms with van der Waals surface area (Å²) >= 11 is 0. The molecule has 7 aromatic carbocycles. The summed E-state index contributed by atoms with van der Waals surface area (Å²) in [5.74, 6) is 1.84. The third-order valence-electron chi connectivity index (χ3n) is 10.4. The van der Waals surface area contributed by atoms with Crippen molar-refractivity contribution in [3.8, 4) is 45.3 Å². The molecule has 0 fully saturated rings. The van der Waals surface area contributed by atoms with Crippen LogP contribution in [0.15, 0.2) is 154 Å². The standard InChI is InChI=1S/C47H29N3O2/c1-3-14-32-28(10-1)12-7-17-34(32)30-23-25-41-39(26-30)44-38(19-9-21-42(44)51-41)47-49-45(31-22-24-36-35-16-5-6-20-40(35)52-43(36)27-31)48-46(50-47)37-18-8-13-29-11-2-4-15-33(29)37/h1-3,5-14,16-27H,4,15H2. The topological polar surface area (TPSA) is 65.0 Å². The second-order valence-corrected chi connectivity index (χ2v) is 13.4. The molecule has 1 aliphatic carbocycles. The van der Waals surface area contributed by atoms with Crippen molar-refractivity contribution in [1.29, 1.82) is 0 Å². The van der Waals surface area contributed by atoms with Gasteiger partial charge >= 0.3 is 0 Å². The Balaban J connectivity index is 1.15. The molecule has 0 radical (unpaired) electrons. The second-order valence-electron chi connectivity index (χ2n) is 13.4. The molecule has 0 amide bonds. The van der Waals surface area contributed by atoms with E-state index in [9.17, 15) is 0 Å². The highest BCUT2D eigenvalue weighted by molar-refractivity contribution is 6.13. The van der Waals surface area contributed by atoms with Crippen molar-refractivity contribution in [3.05, 3.63) is 157 Å². The fourth-order valence-electron chi connectivity index (χ4n) is 7.96. The van der Waals surface area contributed by atoms with Crippen LogP contribution < -0.4 is 0 Å². The molecule has 0 atom stereocenters. The van der Waals surface area contributed by atoms with Gasteiger partial charge in [0.2, 0.25) is 0 Å². The highest BCUT2D eigenvalue weighted by atomic mass is 16.3. The Morgan fingerprint density at radius 1 is 0.442 bits per heavy atom. The number of hydrogen-bond donors (Lipinski definition) is 0. The molecule has 11 rings (SSSR count). The second kappa shape index (κ2) is 11.3. The van der Waals surface area contributed by atoms with Gasteiger partial charge in [0.15, 0.2) is 17.5 Å². The van der Waals surface area contributed by atoms with Crippen LogP contribution in [0.5, 0.6) is 0 Å². The lowest BCUT2D eigenvalue weighted by Crippen LogP contribution is -2.04. The minimum absolute atomic E-state index is 0.590. The van der Waals surface area contributed by atoms with Crippen molar-refractivity contribution >= 4 is 60.7 Å². The van der Waals surface area contributed by atoms with Gasteiger partial charge in [-0.05, 0) is 82.3 Å². The quantitative estimate of drug-likeness (QED) is 0.187. The van der Waals surface area contributed by atoms with Crippen LogP contribution in [0.3, 0.4) is 0 Å². The minimum Gasteiger partial charge on any atom is -0.456 e. The number of rotatable bonds is 4. The van der Waals surface area contributed by atoms with Gasteiger partial charge in [0.25, 0.3) is 0 Å². The molecule has 244 valence electrons. The SMILES string of the molecule is C1=Cc2cccc(-c3nc(-c4ccc5c(c4)oc4ccccc45)nc(-c4cccc5oc6ccc(-c7cccc8ccccc78)cc6c45)n3)c2CC1. The van der Waals surface area contributed by atoms with Gasteiger partial charge in [0.05, 0.1) is 0 Å². The van der Waals surface area contributed by atoms with Gasteiger partial charge in [0, 0.05) is 38.2 Å². The van der Waals surface area contributed by atoms with Gasteiger partial charge in [-0.3, -0.25) is 0 Å². The Morgan fingerprint density at radius 3 is 2.08 bits per heavy atom. The first-order valence-electron chi connectivity index (χ1n) is 17.7. The van der Waals surface area contributed by atoms with Crippen LogP contribution in [0, 0.1) is 0 Å². The first-order chi connectivity index (χ1) is 25.7. The fourth-order valence-corrected chi connectivity index (χ4v) is 7.96. The Labute approximate surface area is 298 Å². The molecule has 10 aromatic rings. The molecule has 0 unspecified atom stereocenters. The molecule has 3 heterocycles. The molecule has 0 bridgehead atoms. The molecular weight excluding hydrogens is 639 g/mol. The van der Waals surface area contributed by atoms with E-state index in [2.05, 4.69) is 115 Å². The summed E-state index contributed by atoms with van der Waals surface area (Å²) in [7, 11) is 0. The molecule has 0 aliphatic heterocycles. The number of fused-ring (bicyclic) bond motifs is 8. The molecule has 0 N–H and O–H groups in total. The van der Waals surface area contributed by atoms with E-state index in [0.717, 1.165) is 79.0 Å². The van der Waals surface area contributed by atoms with Gasteiger partial charge in [-0.15, -0.1) is 0 Å². The monoisotopic (exact) mass is 667 g/mol. The van der Waals surface area contributed by atoms with E-state index in [1.165, 1.54) is 27.5 Å². The number of para-hydroxylation sites is 1. The predicted octanol–water partition coefficient (Wildman–Crippen LogP) is 12.5. The summed E-state index contributed by atoms with van der Waals surface area (Å²) in [6, 6.07) is 48.3.